The maximum atomic E-state index is 4.48. The largest absolute Gasteiger partial charge is 0.384 e. The summed E-state index contributed by atoms with van der Waals surface area (Å²) < 4.78 is 0. The van der Waals surface area contributed by atoms with Crippen LogP contribution in [0.1, 0.15) is 21.8 Å². The Kier molecular flexibility index (Phi) is 3.80. The Bertz CT molecular complexity index is 562. The van der Waals surface area contributed by atoms with Crippen molar-refractivity contribution in [3.63, 3.8) is 0 Å². The van der Waals surface area contributed by atoms with Crippen LogP contribution in [0.3, 0.4) is 0 Å². The molecular formula is C15H19N3S. The second kappa shape index (κ2) is 5.72. The zero-order chi connectivity index (χ0) is 13.1. The fraction of sp³-hybridized carbons (Fsp3) is 0.400. The number of fused-ring (bicyclic) bond motifs is 1. The van der Waals surface area contributed by atoms with Crippen molar-refractivity contribution in [1.29, 1.82) is 0 Å². The Morgan fingerprint density at radius 2 is 2.37 bits per heavy atom. The monoisotopic (exact) mass is 273 g/mol. The van der Waals surface area contributed by atoms with Gasteiger partial charge >= 0.3 is 0 Å². The number of rotatable bonds is 5. The maximum absolute atomic E-state index is 4.48. The molecule has 2 N–H and O–H groups in total. The molecule has 0 atom stereocenters. The lowest BCUT2D eigenvalue weighted by molar-refractivity contribution is 0.685. The van der Waals surface area contributed by atoms with Crippen LogP contribution in [0, 0.1) is 6.92 Å². The lowest BCUT2D eigenvalue weighted by Gasteiger charge is -2.09. The molecular weight excluding hydrogens is 254 g/mol. The Balaban J connectivity index is 1.52. The molecule has 2 heterocycles. The normalized spacial score (nSPS) is 13.3. The zero-order valence-corrected chi connectivity index (χ0v) is 12.0. The van der Waals surface area contributed by atoms with E-state index in [0.717, 1.165) is 38.2 Å². The molecule has 0 saturated heterocycles. The number of aromatic nitrogens is 1. The van der Waals surface area contributed by atoms with E-state index in [1.807, 2.05) is 6.92 Å². The third-order valence-corrected chi connectivity index (χ3v) is 4.46. The van der Waals surface area contributed by atoms with E-state index in [1.54, 1.807) is 11.3 Å². The molecule has 1 aliphatic heterocycles. The highest BCUT2D eigenvalue weighted by molar-refractivity contribution is 7.09. The minimum absolute atomic E-state index is 0.931. The van der Waals surface area contributed by atoms with Crippen LogP contribution in [0.25, 0.3) is 0 Å². The van der Waals surface area contributed by atoms with Crippen LogP contribution in [0.2, 0.25) is 0 Å². The summed E-state index contributed by atoms with van der Waals surface area (Å²) in [6, 6.07) is 6.59. The molecule has 1 aromatic heterocycles. The predicted molar refractivity (Wildman–Crippen MR) is 80.9 cm³/mol. The third-order valence-electron chi connectivity index (χ3n) is 3.43. The van der Waals surface area contributed by atoms with Crippen LogP contribution in [-0.4, -0.2) is 18.1 Å². The first-order chi connectivity index (χ1) is 9.33. The van der Waals surface area contributed by atoms with Crippen LogP contribution < -0.4 is 10.6 Å². The highest BCUT2D eigenvalue weighted by Crippen LogP contribution is 2.26. The second-order valence-electron chi connectivity index (χ2n) is 4.94. The molecule has 1 aliphatic rings. The molecule has 0 fully saturated rings. The molecule has 19 heavy (non-hydrogen) atoms. The number of aryl methyl sites for hydroxylation is 1. The standard InChI is InChI=1S/C15H19N3S/c1-11-10-19-14(18-11)6-7-16-9-13-4-2-3-12-5-8-17-15(12)13/h2-4,10,16-17H,5-9H2,1H3. The first-order valence-electron chi connectivity index (χ1n) is 6.79. The first kappa shape index (κ1) is 12.6. The minimum atomic E-state index is 0.931. The molecule has 0 aliphatic carbocycles. The number of nitrogens with one attached hydrogen (secondary N) is 2. The van der Waals surface area contributed by atoms with Crippen LogP contribution in [0.15, 0.2) is 23.6 Å². The first-order valence-corrected chi connectivity index (χ1v) is 7.67. The molecule has 0 saturated carbocycles. The summed E-state index contributed by atoms with van der Waals surface area (Å²) in [4.78, 5) is 4.48. The Morgan fingerprint density at radius 1 is 1.42 bits per heavy atom. The van der Waals surface area contributed by atoms with Gasteiger partial charge in [-0.1, -0.05) is 18.2 Å². The lowest BCUT2D eigenvalue weighted by atomic mass is 10.1. The topological polar surface area (TPSA) is 37.0 Å². The van der Waals surface area contributed by atoms with E-state index in [1.165, 1.54) is 21.8 Å². The van der Waals surface area contributed by atoms with E-state index in [4.69, 9.17) is 0 Å². The van der Waals surface area contributed by atoms with Gasteiger partial charge in [-0.3, -0.25) is 0 Å². The van der Waals surface area contributed by atoms with Gasteiger partial charge in [-0.25, -0.2) is 4.98 Å². The van der Waals surface area contributed by atoms with E-state index in [-0.39, 0.29) is 0 Å². The van der Waals surface area contributed by atoms with Crippen molar-refractivity contribution in [2.24, 2.45) is 0 Å². The summed E-state index contributed by atoms with van der Waals surface area (Å²) in [5.74, 6) is 0. The summed E-state index contributed by atoms with van der Waals surface area (Å²) in [6.07, 6.45) is 2.17. The van der Waals surface area contributed by atoms with Crippen LogP contribution in [0.5, 0.6) is 0 Å². The van der Waals surface area contributed by atoms with Gasteiger partial charge < -0.3 is 10.6 Å². The highest BCUT2D eigenvalue weighted by Gasteiger charge is 2.12. The van der Waals surface area contributed by atoms with Crippen LogP contribution in [0.4, 0.5) is 5.69 Å². The minimum Gasteiger partial charge on any atom is -0.384 e. The summed E-state index contributed by atoms with van der Waals surface area (Å²) in [5, 5.41) is 10.3. The average Bonchev–Trinajstić information content (AvgIpc) is 3.03. The average molecular weight is 273 g/mol. The van der Waals surface area contributed by atoms with E-state index in [2.05, 4.69) is 39.2 Å². The van der Waals surface area contributed by atoms with E-state index >= 15 is 0 Å². The molecule has 4 heteroatoms. The van der Waals surface area contributed by atoms with E-state index in [9.17, 15) is 0 Å². The van der Waals surface area contributed by atoms with Crippen molar-refractivity contribution in [3.8, 4) is 0 Å². The van der Waals surface area contributed by atoms with Crippen molar-refractivity contribution in [3.05, 3.63) is 45.4 Å². The number of para-hydroxylation sites is 1. The third kappa shape index (κ3) is 2.96. The molecule has 2 aromatic rings. The van der Waals surface area contributed by atoms with Crippen LogP contribution >= 0.6 is 11.3 Å². The molecule has 100 valence electrons. The summed E-state index contributed by atoms with van der Waals surface area (Å²) in [6.45, 7) is 5.04. The Hall–Kier alpha value is -1.39. The van der Waals surface area contributed by atoms with E-state index in [0.29, 0.717) is 0 Å². The van der Waals surface area contributed by atoms with Crippen molar-refractivity contribution in [1.82, 2.24) is 10.3 Å². The second-order valence-corrected chi connectivity index (χ2v) is 5.88. The summed E-state index contributed by atoms with van der Waals surface area (Å²) in [5.41, 5.74) is 5.31. The summed E-state index contributed by atoms with van der Waals surface area (Å²) in [7, 11) is 0. The Labute approximate surface area is 118 Å². The predicted octanol–water partition coefficient (Wildman–Crippen LogP) is 2.75. The molecule has 1 aromatic carbocycles. The number of hydrogen-bond donors (Lipinski definition) is 2. The zero-order valence-electron chi connectivity index (χ0n) is 11.2. The van der Waals surface area contributed by atoms with Gasteiger partial charge in [0, 0.05) is 42.8 Å². The van der Waals surface area contributed by atoms with Crippen molar-refractivity contribution in [2.45, 2.75) is 26.3 Å². The molecule has 0 radical (unpaired) electrons. The van der Waals surface area contributed by atoms with Crippen molar-refractivity contribution in [2.75, 3.05) is 18.4 Å². The SMILES string of the molecule is Cc1csc(CCNCc2cccc3c2NCC3)n1. The maximum Gasteiger partial charge on any atom is 0.0940 e. The fourth-order valence-electron chi connectivity index (χ4n) is 2.49. The van der Waals surface area contributed by atoms with E-state index < -0.39 is 0 Å². The van der Waals surface area contributed by atoms with Gasteiger partial charge in [0.25, 0.3) is 0 Å². The Morgan fingerprint density at radius 3 is 3.21 bits per heavy atom. The lowest BCUT2D eigenvalue weighted by Crippen LogP contribution is -2.17. The number of benzene rings is 1. The molecule has 3 nitrogen and oxygen atoms in total. The molecule has 3 rings (SSSR count). The number of anilines is 1. The van der Waals surface area contributed by atoms with Gasteiger partial charge in [0.15, 0.2) is 0 Å². The number of hydrogen-bond acceptors (Lipinski definition) is 4. The van der Waals surface area contributed by atoms with Gasteiger partial charge in [0.1, 0.15) is 0 Å². The fourth-order valence-corrected chi connectivity index (χ4v) is 3.27. The number of thiazole rings is 1. The molecule has 0 unspecified atom stereocenters. The smallest absolute Gasteiger partial charge is 0.0940 e. The van der Waals surface area contributed by atoms with Gasteiger partial charge in [0.2, 0.25) is 0 Å². The van der Waals surface area contributed by atoms with Gasteiger partial charge in [-0.2, -0.15) is 0 Å². The van der Waals surface area contributed by atoms with Crippen LogP contribution in [-0.2, 0) is 19.4 Å². The van der Waals surface area contributed by atoms with Crippen molar-refractivity contribution < 1.29 is 0 Å². The number of nitrogens with zero attached hydrogens (tertiary/aromatic N) is 1. The van der Waals surface area contributed by atoms with Gasteiger partial charge in [-0.05, 0) is 24.5 Å². The summed E-state index contributed by atoms with van der Waals surface area (Å²) >= 11 is 1.75. The van der Waals surface area contributed by atoms with Gasteiger partial charge in [-0.15, -0.1) is 11.3 Å². The molecule has 0 amide bonds. The van der Waals surface area contributed by atoms with Gasteiger partial charge in [0.05, 0.1) is 5.01 Å². The van der Waals surface area contributed by atoms with Crippen molar-refractivity contribution >= 4 is 17.0 Å². The quantitative estimate of drug-likeness (QED) is 0.823. The molecule has 0 bridgehead atoms. The highest BCUT2D eigenvalue weighted by atomic mass is 32.1. The molecule has 0 spiro atoms.